The number of carboxylic acids is 1. The van der Waals surface area contributed by atoms with Crippen molar-refractivity contribution in [3.8, 4) is 0 Å². The van der Waals surface area contributed by atoms with E-state index in [0.717, 1.165) is 6.54 Å². The third-order valence-corrected chi connectivity index (χ3v) is 3.59. The average molecular weight is 234 g/mol. The van der Waals surface area contributed by atoms with Crippen LogP contribution in [0.25, 0.3) is 0 Å². The fraction of sp³-hybridized carbons (Fsp3) is 0.462. The lowest BCUT2D eigenvalue weighted by Gasteiger charge is -2.11. The molecule has 1 aliphatic carbocycles. The predicted molar refractivity (Wildman–Crippen MR) is 68.2 cm³/mol. The Morgan fingerprint density at radius 2 is 2.24 bits per heavy atom. The zero-order chi connectivity index (χ0) is 12.6. The molecule has 0 aromatic heterocycles. The van der Waals surface area contributed by atoms with Crippen LogP contribution in [0.2, 0.25) is 0 Å². The molecule has 0 heterocycles. The van der Waals surface area contributed by atoms with Gasteiger partial charge < -0.3 is 16.2 Å². The van der Waals surface area contributed by atoms with E-state index in [0.29, 0.717) is 22.7 Å². The minimum atomic E-state index is -0.988. The van der Waals surface area contributed by atoms with Crippen LogP contribution in [0.4, 0.5) is 11.4 Å². The molecule has 4 nitrogen and oxygen atoms in total. The number of hydrogen-bond acceptors (Lipinski definition) is 3. The van der Waals surface area contributed by atoms with Crippen molar-refractivity contribution in [1.82, 2.24) is 0 Å². The first-order valence-electron chi connectivity index (χ1n) is 5.77. The van der Waals surface area contributed by atoms with Gasteiger partial charge in [0.05, 0.1) is 16.9 Å². The van der Waals surface area contributed by atoms with Crippen LogP contribution in [0.15, 0.2) is 18.2 Å². The number of benzene rings is 1. The molecule has 0 spiro atoms. The van der Waals surface area contributed by atoms with Gasteiger partial charge in [-0.1, -0.05) is 19.9 Å². The summed E-state index contributed by atoms with van der Waals surface area (Å²) in [7, 11) is 0. The lowest BCUT2D eigenvalue weighted by atomic mass is 10.1. The SMILES string of the molecule is CC1(C)CC1CNc1cccc(C(=O)O)c1N. The number of hydrogen-bond donors (Lipinski definition) is 3. The normalized spacial score (nSPS) is 20.9. The van der Waals surface area contributed by atoms with Crippen molar-refractivity contribution in [3.05, 3.63) is 23.8 Å². The van der Waals surface area contributed by atoms with E-state index in [9.17, 15) is 4.79 Å². The monoisotopic (exact) mass is 234 g/mol. The zero-order valence-electron chi connectivity index (χ0n) is 10.2. The van der Waals surface area contributed by atoms with Crippen LogP contribution in [0.1, 0.15) is 30.6 Å². The Morgan fingerprint density at radius 1 is 1.59 bits per heavy atom. The van der Waals surface area contributed by atoms with Crippen molar-refractivity contribution in [2.24, 2.45) is 11.3 Å². The van der Waals surface area contributed by atoms with Crippen LogP contribution in [-0.4, -0.2) is 17.6 Å². The van der Waals surface area contributed by atoms with Crippen molar-refractivity contribution in [3.63, 3.8) is 0 Å². The van der Waals surface area contributed by atoms with Gasteiger partial charge in [0.15, 0.2) is 0 Å². The fourth-order valence-corrected chi connectivity index (χ4v) is 2.06. The molecule has 1 aliphatic rings. The average Bonchev–Trinajstić information content (AvgIpc) is 2.84. The second kappa shape index (κ2) is 3.95. The molecular weight excluding hydrogens is 216 g/mol. The molecule has 0 radical (unpaired) electrons. The standard InChI is InChI=1S/C13H18N2O2/c1-13(2)6-8(13)7-15-10-5-3-4-9(11(10)14)12(16)17/h3-5,8,15H,6-7,14H2,1-2H3,(H,16,17). The van der Waals surface area contributed by atoms with E-state index in [1.54, 1.807) is 6.07 Å². The first-order valence-corrected chi connectivity index (χ1v) is 5.77. The molecule has 1 fully saturated rings. The number of anilines is 2. The summed E-state index contributed by atoms with van der Waals surface area (Å²) in [5.74, 6) is -0.340. The van der Waals surface area contributed by atoms with Gasteiger partial charge in [-0.05, 0) is 29.9 Å². The van der Waals surface area contributed by atoms with Crippen molar-refractivity contribution < 1.29 is 9.90 Å². The highest BCUT2D eigenvalue weighted by atomic mass is 16.4. The molecule has 0 saturated heterocycles. The molecule has 4 heteroatoms. The Balaban J connectivity index is 2.06. The number of para-hydroxylation sites is 1. The zero-order valence-corrected chi connectivity index (χ0v) is 10.2. The number of aromatic carboxylic acids is 1. The largest absolute Gasteiger partial charge is 0.478 e. The number of carboxylic acid groups (broad SMARTS) is 1. The highest BCUT2D eigenvalue weighted by Crippen LogP contribution is 2.51. The molecule has 4 N–H and O–H groups in total. The second-order valence-electron chi connectivity index (χ2n) is 5.34. The van der Waals surface area contributed by atoms with Gasteiger partial charge in [0, 0.05) is 6.54 Å². The molecule has 1 aromatic carbocycles. The van der Waals surface area contributed by atoms with Gasteiger partial charge in [-0.2, -0.15) is 0 Å². The van der Waals surface area contributed by atoms with Crippen LogP contribution in [-0.2, 0) is 0 Å². The minimum Gasteiger partial charge on any atom is -0.478 e. The van der Waals surface area contributed by atoms with Gasteiger partial charge in [0.2, 0.25) is 0 Å². The topological polar surface area (TPSA) is 75.3 Å². The molecule has 1 saturated carbocycles. The first-order chi connectivity index (χ1) is 7.92. The Bertz CT molecular complexity index is 455. The predicted octanol–water partition coefficient (Wildman–Crippen LogP) is 2.43. The summed E-state index contributed by atoms with van der Waals surface area (Å²) >= 11 is 0. The number of nitrogens with one attached hydrogen (secondary N) is 1. The van der Waals surface area contributed by atoms with Gasteiger partial charge in [0.1, 0.15) is 0 Å². The van der Waals surface area contributed by atoms with Crippen LogP contribution in [0.3, 0.4) is 0 Å². The van der Waals surface area contributed by atoms with Crippen LogP contribution < -0.4 is 11.1 Å². The summed E-state index contributed by atoms with van der Waals surface area (Å²) in [6, 6.07) is 5.04. The summed E-state index contributed by atoms with van der Waals surface area (Å²) in [5.41, 5.74) is 7.41. The number of rotatable bonds is 4. The van der Waals surface area contributed by atoms with E-state index in [2.05, 4.69) is 19.2 Å². The molecule has 1 unspecified atom stereocenters. The molecule has 2 rings (SSSR count). The Hall–Kier alpha value is -1.71. The maximum Gasteiger partial charge on any atom is 0.337 e. The third-order valence-electron chi connectivity index (χ3n) is 3.59. The van der Waals surface area contributed by atoms with E-state index < -0.39 is 5.97 Å². The van der Waals surface area contributed by atoms with E-state index in [1.807, 2.05) is 6.07 Å². The molecular formula is C13H18N2O2. The van der Waals surface area contributed by atoms with Gasteiger partial charge in [-0.25, -0.2) is 4.79 Å². The van der Waals surface area contributed by atoms with E-state index >= 15 is 0 Å². The quantitative estimate of drug-likeness (QED) is 0.699. The fourth-order valence-electron chi connectivity index (χ4n) is 2.06. The summed E-state index contributed by atoms with van der Waals surface area (Å²) in [6.07, 6.45) is 1.21. The van der Waals surface area contributed by atoms with Crippen molar-refractivity contribution in [1.29, 1.82) is 0 Å². The Kier molecular flexibility index (Phi) is 2.73. The molecule has 1 atom stereocenters. The summed E-state index contributed by atoms with van der Waals surface area (Å²) < 4.78 is 0. The highest BCUT2D eigenvalue weighted by molar-refractivity contribution is 5.97. The number of nitrogens with two attached hydrogens (primary N) is 1. The van der Waals surface area contributed by atoms with Crippen molar-refractivity contribution >= 4 is 17.3 Å². The lowest BCUT2D eigenvalue weighted by Crippen LogP contribution is -2.11. The third kappa shape index (κ3) is 2.35. The van der Waals surface area contributed by atoms with Crippen molar-refractivity contribution in [2.45, 2.75) is 20.3 Å². The van der Waals surface area contributed by atoms with Crippen LogP contribution in [0, 0.1) is 11.3 Å². The first kappa shape index (κ1) is 11.8. The number of nitrogen functional groups attached to an aromatic ring is 1. The highest BCUT2D eigenvalue weighted by Gasteiger charge is 2.44. The summed E-state index contributed by atoms with van der Waals surface area (Å²) in [5, 5.41) is 12.2. The van der Waals surface area contributed by atoms with Crippen LogP contribution in [0.5, 0.6) is 0 Å². The van der Waals surface area contributed by atoms with Gasteiger partial charge >= 0.3 is 5.97 Å². The maximum atomic E-state index is 10.9. The summed E-state index contributed by atoms with van der Waals surface area (Å²) in [6.45, 7) is 5.31. The smallest absolute Gasteiger partial charge is 0.337 e. The maximum absolute atomic E-state index is 10.9. The van der Waals surface area contributed by atoms with E-state index in [1.165, 1.54) is 12.5 Å². The Morgan fingerprint density at radius 3 is 2.76 bits per heavy atom. The molecule has 1 aromatic rings. The van der Waals surface area contributed by atoms with E-state index in [-0.39, 0.29) is 5.56 Å². The van der Waals surface area contributed by atoms with Gasteiger partial charge in [-0.3, -0.25) is 0 Å². The van der Waals surface area contributed by atoms with Crippen molar-refractivity contribution in [2.75, 3.05) is 17.6 Å². The lowest BCUT2D eigenvalue weighted by molar-refractivity contribution is 0.0698. The molecule has 0 bridgehead atoms. The Labute approximate surface area is 101 Å². The molecule has 92 valence electrons. The molecule has 0 amide bonds. The molecule has 17 heavy (non-hydrogen) atoms. The van der Waals surface area contributed by atoms with Gasteiger partial charge in [0.25, 0.3) is 0 Å². The van der Waals surface area contributed by atoms with Gasteiger partial charge in [-0.15, -0.1) is 0 Å². The minimum absolute atomic E-state index is 0.157. The summed E-state index contributed by atoms with van der Waals surface area (Å²) in [4.78, 5) is 10.9. The second-order valence-corrected chi connectivity index (χ2v) is 5.34. The van der Waals surface area contributed by atoms with Crippen LogP contribution >= 0.6 is 0 Å². The van der Waals surface area contributed by atoms with E-state index in [4.69, 9.17) is 10.8 Å². The number of carbonyl (C=O) groups is 1. The molecule has 0 aliphatic heterocycles.